The Morgan fingerprint density at radius 1 is 1.16 bits per heavy atom. The Balaban J connectivity index is 2.78. The van der Waals surface area contributed by atoms with Crippen LogP contribution < -0.4 is 10.2 Å². The number of nitrogens with one attached hydrogen (secondary N) is 1. The van der Waals surface area contributed by atoms with Gasteiger partial charge >= 0.3 is 11.9 Å². The van der Waals surface area contributed by atoms with Crippen molar-refractivity contribution in [1.82, 2.24) is 0 Å². The van der Waals surface area contributed by atoms with Crippen LogP contribution in [0.25, 0.3) is 0 Å². The summed E-state index contributed by atoms with van der Waals surface area (Å²) >= 11 is 3.22. The number of carbonyl (C=O) groups is 2. The standard InChI is InChI=1S/C17H16BrFN2O4/c1-20-13-9-10(18)8-12(19)15(13)21-7-5-4-6-11(16(22)24-2)14(21)17(23)25-3/h4-9,20H,1-3H3. The first kappa shape index (κ1) is 18.7. The monoisotopic (exact) mass is 410 g/mol. The molecule has 6 nitrogen and oxygen atoms in total. The van der Waals surface area contributed by atoms with Gasteiger partial charge in [0.1, 0.15) is 17.2 Å². The molecule has 132 valence electrons. The fraction of sp³-hybridized carbons (Fsp3) is 0.176. The van der Waals surface area contributed by atoms with Crippen LogP contribution in [-0.4, -0.2) is 33.2 Å². The van der Waals surface area contributed by atoms with Crippen LogP contribution in [0, 0.1) is 5.82 Å². The SMILES string of the molecule is CNc1cc(Br)cc(F)c1N1C=CC=CC(C(=O)OC)=C1C(=O)OC. The Morgan fingerprint density at radius 3 is 2.44 bits per heavy atom. The summed E-state index contributed by atoms with van der Waals surface area (Å²) < 4.78 is 24.8. The molecule has 0 radical (unpaired) electrons. The molecule has 25 heavy (non-hydrogen) atoms. The van der Waals surface area contributed by atoms with Gasteiger partial charge in [0, 0.05) is 17.7 Å². The molecule has 8 heteroatoms. The van der Waals surface area contributed by atoms with Crippen molar-refractivity contribution in [2.75, 3.05) is 31.5 Å². The van der Waals surface area contributed by atoms with Gasteiger partial charge in [0.25, 0.3) is 0 Å². The van der Waals surface area contributed by atoms with E-state index in [0.29, 0.717) is 10.2 Å². The summed E-state index contributed by atoms with van der Waals surface area (Å²) in [6, 6.07) is 2.91. The fourth-order valence-electron chi connectivity index (χ4n) is 2.34. The average molecular weight is 411 g/mol. The summed E-state index contributed by atoms with van der Waals surface area (Å²) in [6.45, 7) is 0. The number of carbonyl (C=O) groups excluding carboxylic acids is 2. The third-order valence-corrected chi connectivity index (χ3v) is 3.89. The van der Waals surface area contributed by atoms with Crippen LogP contribution in [0.2, 0.25) is 0 Å². The summed E-state index contributed by atoms with van der Waals surface area (Å²) in [6.07, 6.45) is 5.99. The van der Waals surface area contributed by atoms with E-state index < -0.39 is 17.8 Å². The molecular formula is C17H16BrFN2O4. The van der Waals surface area contributed by atoms with Gasteiger partial charge < -0.3 is 19.7 Å². The summed E-state index contributed by atoms with van der Waals surface area (Å²) in [5, 5.41) is 2.87. The lowest BCUT2D eigenvalue weighted by Crippen LogP contribution is -2.28. The van der Waals surface area contributed by atoms with Gasteiger partial charge in [-0.05, 0) is 24.3 Å². The Hall–Kier alpha value is -2.61. The Bertz CT molecular complexity index is 802. The molecule has 1 N–H and O–H groups in total. The van der Waals surface area contributed by atoms with Crippen molar-refractivity contribution in [3.05, 3.63) is 58.1 Å². The largest absolute Gasteiger partial charge is 0.465 e. The highest BCUT2D eigenvalue weighted by atomic mass is 79.9. The number of methoxy groups -OCH3 is 2. The zero-order chi connectivity index (χ0) is 18.6. The van der Waals surface area contributed by atoms with E-state index in [-0.39, 0.29) is 17.0 Å². The molecule has 1 aliphatic rings. The smallest absolute Gasteiger partial charge is 0.355 e. The lowest BCUT2D eigenvalue weighted by atomic mass is 10.1. The van der Waals surface area contributed by atoms with Crippen molar-refractivity contribution in [3.63, 3.8) is 0 Å². The number of ether oxygens (including phenoxy) is 2. The molecule has 2 rings (SSSR count). The number of hydrogen-bond donors (Lipinski definition) is 1. The lowest BCUT2D eigenvalue weighted by Gasteiger charge is -2.25. The second-order valence-corrected chi connectivity index (χ2v) is 5.77. The number of rotatable bonds is 4. The van der Waals surface area contributed by atoms with Crippen molar-refractivity contribution < 1.29 is 23.5 Å². The van der Waals surface area contributed by atoms with Gasteiger partial charge in [-0.2, -0.15) is 0 Å². The first-order valence-corrected chi connectivity index (χ1v) is 7.95. The minimum Gasteiger partial charge on any atom is -0.465 e. The number of esters is 2. The molecule has 0 aromatic heterocycles. The summed E-state index contributed by atoms with van der Waals surface area (Å²) in [4.78, 5) is 25.7. The highest BCUT2D eigenvalue weighted by Gasteiger charge is 2.30. The first-order chi connectivity index (χ1) is 11.9. The van der Waals surface area contributed by atoms with Crippen LogP contribution >= 0.6 is 15.9 Å². The maximum absolute atomic E-state index is 14.7. The van der Waals surface area contributed by atoms with Crippen LogP contribution in [0.1, 0.15) is 0 Å². The number of allylic oxidation sites excluding steroid dienone is 2. The predicted molar refractivity (Wildman–Crippen MR) is 95.5 cm³/mol. The molecule has 1 aromatic rings. The molecule has 0 saturated carbocycles. The topological polar surface area (TPSA) is 67.9 Å². The molecule has 0 aliphatic carbocycles. The van der Waals surface area contributed by atoms with Gasteiger partial charge in [0.15, 0.2) is 0 Å². The maximum Gasteiger partial charge on any atom is 0.355 e. The van der Waals surface area contributed by atoms with E-state index in [0.717, 1.165) is 0 Å². The number of hydrogen-bond acceptors (Lipinski definition) is 6. The number of nitrogens with zero attached hydrogens (tertiary/aromatic N) is 1. The Labute approximate surface area is 152 Å². The van der Waals surface area contributed by atoms with Gasteiger partial charge in [0.05, 0.1) is 25.5 Å². The second-order valence-electron chi connectivity index (χ2n) is 4.85. The van der Waals surface area contributed by atoms with E-state index in [4.69, 9.17) is 9.47 Å². The molecule has 0 atom stereocenters. The van der Waals surface area contributed by atoms with Crippen LogP contribution in [0.15, 0.2) is 52.3 Å². The molecule has 0 spiro atoms. The van der Waals surface area contributed by atoms with Crippen molar-refractivity contribution in [2.45, 2.75) is 0 Å². The van der Waals surface area contributed by atoms with Crippen LogP contribution in [0.5, 0.6) is 0 Å². The van der Waals surface area contributed by atoms with Crippen molar-refractivity contribution >= 4 is 39.2 Å². The van der Waals surface area contributed by atoms with Crippen LogP contribution in [-0.2, 0) is 19.1 Å². The molecule has 0 saturated heterocycles. The first-order valence-electron chi connectivity index (χ1n) is 7.16. The van der Waals surface area contributed by atoms with Crippen LogP contribution in [0.4, 0.5) is 15.8 Å². The van der Waals surface area contributed by atoms with Crippen molar-refractivity contribution in [1.29, 1.82) is 0 Å². The Kier molecular flexibility index (Phi) is 5.97. The molecule has 0 bridgehead atoms. The summed E-state index contributed by atoms with van der Waals surface area (Å²) in [7, 11) is 3.99. The summed E-state index contributed by atoms with van der Waals surface area (Å²) in [5.74, 6) is -2.15. The minimum atomic E-state index is -0.805. The van der Waals surface area contributed by atoms with Gasteiger partial charge in [-0.25, -0.2) is 14.0 Å². The second kappa shape index (κ2) is 7.98. The third-order valence-electron chi connectivity index (χ3n) is 3.43. The van der Waals surface area contributed by atoms with Crippen molar-refractivity contribution in [2.24, 2.45) is 0 Å². The molecule has 0 amide bonds. The normalized spacial score (nSPS) is 13.6. The molecule has 1 heterocycles. The van der Waals surface area contributed by atoms with Gasteiger partial charge in [0.2, 0.25) is 0 Å². The van der Waals surface area contributed by atoms with E-state index in [1.807, 2.05) is 0 Å². The predicted octanol–water partition coefficient (Wildman–Crippen LogP) is 3.12. The number of anilines is 2. The zero-order valence-corrected chi connectivity index (χ0v) is 15.4. The van der Waals surface area contributed by atoms with E-state index in [1.165, 1.54) is 37.5 Å². The molecule has 0 fully saturated rings. The van der Waals surface area contributed by atoms with Gasteiger partial charge in [-0.1, -0.05) is 22.0 Å². The molecule has 1 aromatic carbocycles. The maximum atomic E-state index is 14.7. The Morgan fingerprint density at radius 2 is 1.84 bits per heavy atom. The van der Waals surface area contributed by atoms with E-state index in [2.05, 4.69) is 21.2 Å². The van der Waals surface area contributed by atoms with E-state index >= 15 is 0 Å². The number of halogens is 2. The average Bonchev–Trinajstić information content (AvgIpc) is 2.82. The third kappa shape index (κ3) is 3.74. The van der Waals surface area contributed by atoms with Gasteiger partial charge in [-0.3, -0.25) is 0 Å². The number of benzene rings is 1. The molecule has 0 unspecified atom stereocenters. The summed E-state index contributed by atoms with van der Waals surface area (Å²) in [5.41, 5.74) is 0.261. The van der Waals surface area contributed by atoms with E-state index in [1.54, 1.807) is 25.3 Å². The van der Waals surface area contributed by atoms with Crippen LogP contribution in [0.3, 0.4) is 0 Å². The minimum absolute atomic E-state index is 0.0521. The fourth-order valence-corrected chi connectivity index (χ4v) is 2.77. The van der Waals surface area contributed by atoms with Crippen molar-refractivity contribution in [3.8, 4) is 0 Å². The van der Waals surface area contributed by atoms with E-state index in [9.17, 15) is 14.0 Å². The molecule has 1 aliphatic heterocycles. The molecular weight excluding hydrogens is 395 g/mol. The highest BCUT2D eigenvalue weighted by Crippen LogP contribution is 2.36. The lowest BCUT2D eigenvalue weighted by molar-refractivity contribution is -0.139. The van der Waals surface area contributed by atoms with Gasteiger partial charge in [-0.15, -0.1) is 0 Å². The zero-order valence-electron chi connectivity index (χ0n) is 13.8. The quantitative estimate of drug-likeness (QED) is 0.769. The highest BCUT2D eigenvalue weighted by molar-refractivity contribution is 9.10.